The number of aromatic nitrogens is 1. The van der Waals surface area contributed by atoms with Gasteiger partial charge in [0.2, 0.25) is 33.3 Å². The summed E-state index contributed by atoms with van der Waals surface area (Å²) in [5, 5.41) is 5.90. The Kier molecular flexibility index (Phi) is 9.23. The summed E-state index contributed by atoms with van der Waals surface area (Å²) in [7, 11) is -2.68. The van der Waals surface area contributed by atoms with Gasteiger partial charge < -0.3 is 29.7 Å². The van der Waals surface area contributed by atoms with Crippen molar-refractivity contribution in [3.63, 3.8) is 0 Å². The number of hydrogen-bond acceptors (Lipinski definition) is 10. The number of pyridine rings is 1. The largest absolute Gasteiger partial charge is 0.497 e. The van der Waals surface area contributed by atoms with Gasteiger partial charge in [-0.25, -0.2) is 18.2 Å². The molecule has 4 amide bonds. The Bertz CT molecular complexity index is 2240. The van der Waals surface area contributed by atoms with Crippen LogP contribution in [0.5, 0.6) is 11.6 Å². The summed E-state index contributed by atoms with van der Waals surface area (Å²) in [6, 6.07) is 3.39. The molecule has 57 heavy (non-hydrogen) atoms. The number of amides is 4. The van der Waals surface area contributed by atoms with E-state index in [1.807, 2.05) is 5.32 Å². The lowest BCUT2D eigenvalue weighted by molar-refractivity contribution is -0.244. The predicted octanol–water partition coefficient (Wildman–Crippen LogP) is 4.91. The number of sulfonamides is 1. The Labute approximate surface area is 338 Å². The predicted molar refractivity (Wildman–Crippen MR) is 201 cm³/mol. The summed E-state index contributed by atoms with van der Waals surface area (Å²) in [5.74, 6) is -4.18. The molecule has 2 aromatic rings. The van der Waals surface area contributed by atoms with E-state index in [2.05, 4.69) is 19.8 Å². The van der Waals surface area contributed by atoms with Gasteiger partial charge in [-0.3, -0.25) is 19.1 Å². The van der Waals surface area contributed by atoms with Gasteiger partial charge in [-0.1, -0.05) is 26.0 Å². The van der Waals surface area contributed by atoms with Crippen LogP contribution in [-0.4, -0.2) is 96.0 Å². The molecule has 0 radical (unpaired) electrons. The second-order valence-corrected chi connectivity index (χ2v) is 18.1. The molecular weight excluding hydrogens is 772 g/mol. The highest BCUT2D eigenvalue weighted by Gasteiger charge is 2.63. The molecule has 2 aliphatic carbocycles. The first-order valence-electron chi connectivity index (χ1n) is 21.6. The average molecular weight is 828 g/mol. The second kappa shape index (κ2) is 15.3. The lowest BCUT2D eigenvalue weighted by Crippen LogP contribution is -2.59. The maximum atomic E-state index is 14.9. The number of hydrogen-bond donors (Lipinski definition) is 3. The summed E-state index contributed by atoms with van der Waals surface area (Å²) in [6.45, 7) is -4.54. The van der Waals surface area contributed by atoms with Crippen molar-refractivity contribution in [1.82, 2.24) is 25.2 Å². The molecule has 2 aliphatic heterocycles. The van der Waals surface area contributed by atoms with Crippen molar-refractivity contribution in [2.45, 2.75) is 120 Å². The fourth-order valence-electron chi connectivity index (χ4n) is 7.46. The van der Waals surface area contributed by atoms with Crippen molar-refractivity contribution in [2.24, 2.45) is 17.8 Å². The molecule has 7 atom stereocenters. The molecule has 2 saturated carbocycles. The standard InChI is InChI=1S/C39H50F3N5O9S/c1-22-9-7-8-10-25-20-38(25,34(50)46-57(52,53)37(5)14-15-37)45-31(48)29-19-27(55-32-28-12-11-26(54-6)18-24(28)13-16-43-32)21-47(29)33(49)30(23(2)17-22)44-35(51)56-36(3,4)39(40,41)42/h8,10-13,16,18,22-23,25,27,29-30H,7,9,14-15,17,19-21H2,1-6H3,(H,44,51)(H,45,48)(H,46,50)/b10-8-/t22-,23+,25+,27+,29-,30-,38+/m0/s1/i3D3,4D3. The van der Waals surface area contributed by atoms with Crippen LogP contribution in [0.2, 0.25) is 0 Å². The minimum Gasteiger partial charge on any atom is -0.497 e. The molecule has 312 valence electrons. The van der Waals surface area contributed by atoms with E-state index >= 15 is 0 Å². The number of methoxy groups -OCH3 is 1. The third-order valence-electron chi connectivity index (χ3n) is 11.4. The molecular formula is C39H50F3N5O9S. The van der Waals surface area contributed by atoms with Gasteiger partial charge in [-0.05, 0) is 101 Å². The molecule has 1 aromatic heterocycles. The van der Waals surface area contributed by atoms with Gasteiger partial charge in [0, 0.05) is 32.1 Å². The number of alkyl halides is 3. The number of rotatable bonds is 8. The monoisotopic (exact) mass is 827 g/mol. The molecule has 6 rings (SSSR count). The third kappa shape index (κ3) is 8.65. The Hall–Kier alpha value is -4.61. The summed E-state index contributed by atoms with van der Waals surface area (Å²) in [6.07, 6.45) is -3.05. The number of halogens is 3. The van der Waals surface area contributed by atoms with E-state index in [0.717, 1.165) is 4.90 Å². The van der Waals surface area contributed by atoms with E-state index in [1.54, 1.807) is 43.3 Å². The van der Waals surface area contributed by atoms with Gasteiger partial charge >= 0.3 is 12.3 Å². The van der Waals surface area contributed by atoms with Crippen molar-refractivity contribution in [1.29, 1.82) is 0 Å². The van der Waals surface area contributed by atoms with Crippen LogP contribution >= 0.6 is 0 Å². The molecule has 18 heteroatoms. The summed E-state index contributed by atoms with van der Waals surface area (Å²) >= 11 is 0. The maximum absolute atomic E-state index is 14.9. The molecule has 4 aliphatic rings. The van der Waals surface area contributed by atoms with Crippen LogP contribution in [0.15, 0.2) is 42.6 Å². The number of alkyl carbamates (subject to hydrolysis) is 1. The maximum Gasteiger partial charge on any atom is 0.427 e. The second-order valence-electron chi connectivity index (χ2n) is 15.9. The van der Waals surface area contributed by atoms with Crippen LogP contribution in [0.25, 0.3) is 10.8 Å². The van der Waals surface area contributed by atoms with Crippen LogP contribution < -0.4 is 24.8 Å². The Morgan fingerprint density at radius 1 is 1.12 bits per heavy atom. The van der Waals surface area contributed by atoms with E-state index in [9.17, 15) is 40.8 Å². The number of carbonyl (C=O) groups excluding carboxylic acids is 4. The molecule has 3 N–H and O–H groups in total. The zero-order valence-corrected chi connectivity index (χ0v) is 32.6. The first-order valence-corrected chi connectivity index (χ1v) is 20.1. The molecule has 14 nitrogen and oxygen atoms in total. The van der Waals surface area contributed by atoms with Crippen molar-refractivity contribution >= 4 is 44.6 Å². The number of benzene rings is 1. The topological polar surface area (TPSA) is 182 Å². The fourth-order valence-corrected chi connectivity index (χ4v) is 8.77. The number of fused-ring (bicyclic) bond motifs is 3. The highest BCUT2D eigenvalue weighted by atomic mass is 32.2. The number of nitrogens with zero attached hydrogens (tertiary/aromatic N) is 2. The quantitative estimate of drug-likeness (QED) is 0.309. The van der Waals surface area contributed by atoms with E-state index in [-0.39, 0.29) is 31.1 Å². The summed E-state index contributed by atoms with van der Waals surface area (Å²) in [5.41, 5.74) is -6.77. The molecule has 3 fully saturated rings. The zero-order valence-electron chi connectivity index (χ0n) is 37.8. The minimum absolute atomic E-state index is 0.00777. The van der Waals surface area contributed by atoms with Crippen molar-refractivity contribution in [2.75, 3.05) is 13.7 Å². The number of nitrogens with one attached hydrogen (secondary N) is 3. The Morgan fingerprint density at radius 3 is 2.53 bits per heavy atom. The van der Waals surface area contributed by atoms with E-state index < -0.39 is 106 Å². The summed E-state index contributed by atoms with van der Waals surface area (Å²) < 4.78 is 132. The van der Waals surface area contributed by atoms with Crippen LogP contribution in [0.1, 0.15) is 87.6 Å². The molecule has 0 spiro atoms. The SMILES string of the molecule is [2H]C([2H])([2H])C(OC(=O)N[C@@H]1C(=O)N2C[C@H](Oc3nccc4cc(OC)ccc34)C[C@H]2C(=O)N[C@]2(C(=O)NS(=O)(=O)C3(C)CC3)C[C@H]2/C=C\CC[C@H](C)C[C@H]1C)(C([2H])([2H])[2H])C(F)(F)F. The minimum atomic E-state index is -6.15. The van der Waals surface area contributed by atoms with E-state index in [4.69, 9.17) is 17.7 Å². The number of ether oxygens (including phenoxy) is 3. The molecule has 1 saturated heterocycles. The van der Waals surface area contributed by atoms with E-state index in [0.29, 0.717) is 42.2 Å². The van der Waals surface area contributed by atoms with Gasteiger partial charge in [0.25, 0.3) is 5.91 Å². The van der Waals surface area contributed by atoms with Crippen LogP contribution in [0, 0.1) is 17.8 Å². The number of carbonyl (C=O) groups is 4. The lowest BCUT2D eigenvalue weighted by atomic mass is 9.88. The highest BCUT2D eigenvalue weighted by Crippen LogP contribution is 2.48. The van der Waals surface area contributed by atoms with Crippen molar-refractivity contribution in [3.8, 4) is 11.6 Å². The van der Waals surface area contributed by atoms with Crippen LogP contribution in [0.3, 0.4) is 0 Å². The fraction of sp³-hybridized carbons (Fsp3) is 0.615. The molecule has 1 aromatic carbocycles. The average Bonchev–Trinajstić information content (AvgIpc) is 4.05. The summed E-state index contributed by atoms with van der Waals surface area (Å²) in [4.78, 5) is 62.2. The first kappa shape index (κ1) is 34.4. The molecule has 0 unspecified atom stereocenters. The van der Waals surface area contributed by atoms with Crippen molar-refractivity contribution < 1.29 is 63.2 Å². The van der Waals surface area contributed by atoms with E-state index in [1.165, 1.54) is 27.2 Å². The lowest BCUT2D eigenvalue weighted by Gasteiger charge is -2.34. The smallest absolute Gasteiger partial charge is 0.427 e. The van der Waals surface area contributed by atoms with Gasteiger partial charge in [-0.2, -0.15) is 13.2 Å². The van der Waals surface area contributed by atoms with Crippen molar-refractivity contribution in [3.05, 3.63) is 42.6 Å². The normalized spacial score (nSPS) is 31.7. The van der Waals surface area contributed by atoms with Gasteiger partial charge in [0.1, 0.15) is 29.5 Å². The van der Waals surface area contributed by atoms with Gasteiger partial charge in [0.15, 0.2) is 0 Å². The number of allylic oxidation sites excluding steroid dienone is 1. The Balaban J connectivity index is 1.39. The van der Waals surface area contributed by atoms with Gasteiger partial charge in [-0.15, -0.1) is 0 Å². The third-order valence-corrected chi connectivity index (χ3v) is 13.5. The van der Waals surface area contributed by atoms with Crippen LogP contribution in [0.4, 0.5) is 18.0 Å². The van der Waals surface area contributed by atoms with Crippen LogP contribution in [-0.2, 0) is 29.1 Å². The van der Waals surface area contributed by atoms with Gasteiger partial charge in [0.05, 0.1) is 18.4 Å². The molecule has 3 heterocycles. The Morgan fingerprint density at radius 2 is 1.86 bits per heavy atom. The zero-order chi connectivity index (χ0) is 46.7. The first-order chi connectivity index (χ1) is 29.1. The highest BCUT2D eigenvalue weighted by molar-refractivity contribution is 7.91. The molecule has 0 bridgehead atoms.